The highest BCUT2D eigenvalue weighted by molar-refractivity contribution is 7.15. The topological polar surface area (TPSA) is 60.0 Å². The van der Waals surface area contributed by atoms with E-state index in [1.54, 1.807) is 11.3 Å². The van der Waals surface area contributed by atoms with E-state index in [0.29, 0.717) is 6.54 Å². The SMILES string of the molecule is CCNCc1cn(Cc2cn3ccsc3n2)nn1. The number of nitrogens with zero attached hydrogens (tertiary/aromatic N) is 5. The fraction of sp³-hybridized carbons (Fsp3) is 0.364. The van der Waals surface area contributed by atoms with Gasteiger partial charge in [-0.2, -0.15) is 0 Å². The van der Waals surface area contributed by atoms with Gasteiger partial charge in [0.05, 0.1) is 24.1 Å². The van der Waals surface area contributed by atoms with Gasteiger partial charge in [0.25, 0.3) is 0 Å². The van der Waals surface area contributed by atoms with Crippen LogP contribution in [0, 0.1) is 0 Å². The van der Waals surface area contributed by atoms with Gasteiger partial charge in [-0.1, -0.05) is 12.1 Å². The van der Waals surface area contributed by atoms with Crippen LogP contribution in [0.1, 0.15) is 18.3 Å². The van der Waals surface area contributed by atoms with Crippen molar-refractivity contribution in [3.63, 3.8) is 0 Å². The predicted molar refractivity (Wildman–Crippen MR) is 69.6 cm³/mol. The van der Waals surface area contributed by atoms with Crippen LogP contribution in [0.2, 0.25) is 0 Å². The Bertz CT molecular complexity index is 608. The molecular formula is C11H14N6S. The largest absolute Gasteiger partial charge is 0.311 e. The molecule has 0 aromatic carbocycles. The summed E-state index contributed by atoms with van der Waals surface area (Å²) in [5.74, 6) is 0. The fourth-order valence-electron chi connectivity index (χ4n) is 1.77. The second-order valence-corrected chi connectivity index (χ2v) is 4.89. The minimum Gasteiger partial charge on any atom is -0.311 e. The molecule has 7 heteroatoms. The van der Waals surface area contributed by atoms with E-state index < -0.39 is 0 Å². The van der Waals surface area contributed by atoms with Crippen molar-refractivity contribution >= 4 is 16.3 Å². The van der Waals surface area contributed by atoms with Gasteiger partial charge in [-0.25, -0.2) is 9.67 Å². The van der Waals surface area contributed by atoms with Crippen molar-refractivity contribution in [1.82, 2.24) is 29.7 Å². The number of fused-ring (bicyclic) bond motifs is 1. The molecule has 0 aliphatic heterocycles. The van der Waals surface area contributed by atoms with Gasteiger partial charge in [0.1, 0.15) is 0 Å². The Morgan fingerprint density at radius 3 is 3.11 bits per heavy atom. The molecule has 0 radical (unpaired) electrons. The van der Waals surface area contributed by atoms with Gasteiger partial charge in [0.15, 0.2) is 4.96 Å². The molecule has 6 nitrogen and oxygen atoms in total. The summed E-state index contributed by atoms with van der Waals surface area (Å²) in [5, 5.41) is 13.5. The van der Waals surface area contributed by atoms with Crippen molar-refractivity contribution in [2.75, 3.05) is 6.54 Å². The summed E-state index contributed by atoms with van der Waals surface area (Å²) in [5.41, 5.74) is 1.96. The average molecular weight is 262 g/mol. The molecule has 0 fully saturated rings. The number of hydrogen-bond acceptors (Lipinski definition) is 5. The number of nitrogens with one attached hydrogen (secondary N) is 1. The Balaban J connectivity index is 1.72. The van der Waals surface area contributed by atoms with Gasteiger partial charge < -0.3 is 5.32 Å². The zero-order valence-electron chi connectivity index (χ0n) is 10.1. The number of rotatable bonds is 5. The Morgan fingerprint density at radius 1 is 1.33 bits per heavy atom. The summed E-state index contributed by atoms with van der Waals surface area (Å²) in [6.45, 7) is 4.43. The summed E-state index contributed by atoms with van der Waals surface area (Å²) in [4.78, 5) is 5.53. The van der Waals surface area contributed by atoms with E-state index in [1.807, 2.05) is 33.1 Å². The van der Waals surface area contributed by atoms with Crippen molar-refractivity contribution in [2.24, 2.45) is 0 Å². The van der Waals surface area contributed by atoms with E-state index in [2.05, 4.69) is 27.5 Å². The molecule has 0 bridgehead atoms. The van der Waals surface area contributed by atoms with Crippen LogP contribution < -0.4 is 5.32 Å². The zero-order chi connectivity index (χ0) is 12.4. The standard InChI is InChI=1S/C11H14N6S/c1-2-12-5-9-7-17(15-14-9)8-10-6-16-3-4-18-11(16)13-10/h3-4,6-7,12H,2,5,8H2,1H3. The van der Waals surface area contributed by atoms with Gasteiger partial charge in [0, 0.05) is 24.3 Å². The number of imidazole rings is 1. The van der Waals surface area contributed by atoms with E-state index in [9.17, 15) is 0 Å². The van der Waals surface area contributed by atoms with Gasteiger partial charge in [-0.05, 0) is 6.54 Å². The molecule has 3 aromatic heterocycles. The molecule has 3 heterocycles. The molecule has 94 valence electrons. The molecule has 0 spiro atoms. The maximum atomic E-state index is 4.52. The summed E-state index contributed by atoms with van der Waals surface area (Å²) >= 11 is 1.63. The summed E-state index contributed by atoms with van der Waals surface area (Å²) < 4.78 is 3.84. The molecule has 3 rings (SSSR count). The van der Waals surface area contributed by atoms with Crippen LogP contribution in [0.25, 0.3) is 4.96 Å². The molecule has 1 N–H and O–H groups in total. The lowest BCUT2D eigenvalue weighted by Gasteiger charge is -1.95. The first-order chi connectivity index (χ1) is 8.85. The highest BCUT2D eigenvalue weighted by Gasteiger charge is 2.05. The number of thiazole rings is 1. The van der Waals surface area contributed by atoms with Crippen LogP contribution in [0.3, 0.4) is 0 Å². The lowest BCUT2D eigenvalue weighted by molar-refractivity contribution is 0.639. The van der Waals surface area contributed by atoms with E-state index >= 15 is 0 Å². The normalized spacial score (nSPS) is 11.4. The second kappa shape index (κ2) is 4.87. The maximum absolute atomic E-state index is 4.52. The Labute approximate surface area is 108 Å². The van der Waals surface area contributed by atoms with E-state index in [1.165, 1.54) is 0 Å². The van der Waals surface area contributed by atoms with Crippen molar-refractivity contribution in [1.29, 1.82) is 0 Å². The molecule has 0 amide bonds. The fourth-order valence-corrected chi connectivity index (χ4v) is 2.49. The number of aromatic nitrogens is 5. The zero-order valence-corrected chi connectivity index (χ0v) is 10.9. The van der Waals surface area contributed by atoms with Crippen molar-refractivity contribution < 1.29 is 0 Å². The monoisotopic (exact) mass is 262 g/mol. The summed E-state index contributed by atoms with van der Waals surface area (Å²) in [6, 6.07) is 0. The Morgan fingerprint density at radius 2 is 2.28 bits per heavy atom. The third kappa shape index (κ3) is 2.27. The number of hydrogen-bond donors (Lipinski definition) is 1. The van der Waals surface area contributed by atoms with Crippen LogP contribution in [-0.4, -0.2) is 30.9 Å². The van der Waals surface area contributed by atoms with Gasteiger partial charge in [-0.3, -0.25) is 4.40 Å². The second-order valence-electron chi connectivity index (χ2n) is 4.01. The average Bonchev–Trinajstić information content (AvgIpc) is 3.02. The summed E-state index contributed by atoms with van der Waals surface area (Å²) in [6.07, 6.45) is 5.99. The van der Waals surface area contributed by atoms with Crippen molar-refractivity contribution in [3.8, 4) is 0 Å². The molecule has 0 aliphatic rings. The molecule has 18 heavy (non-hydrogen) atoms. The Hall–Kier alpha value is -1.73. The Kier molecular flexibility index (Phi) is 3.07. The molecule has 0 saturated carbocycles. The molecule has 0 aliphatic carbocycles. The molecule has 0 saturated heterocycles. The van der Waals surface area contributed by atoms with Crippen molar-refractivity contribution in [3.05, 3.63) is 35.4 Å². The first-order valence-corrected chi connectivity index (χ1v) is 6.74. The van der Waals surface area contributed by atoms with Crippen LogP contribution in [0.4, 0.5) is 0 Å². The third-order valence-electron chi connectivity index (χ3n) is 2.61. The van der Waals surface area contributed by atoms with Gasteiger partial charge in [-0.15, -0.1) is 16.4 Å². The highest BCUT2D eigenvalue weighted by Crippen LogP contribution is 2.11. The highest BCUT2D eigenvalue weighted by atomic mass is 32.1. The minimum atomic E-state index is 0.660. The van der Waals surface area contributed by atoms with E-state index in [0.717, 1.165) is 29.4 Å². The quantitative estimate of drug-likeness (QED) is 0.749. The molecule has 0 unspecified atom stereocenters. The van der Waals surface area contributed by atoms with Crippen LogP contribution in [0.15, 0.2) is 24.0 Å². The van der Waals surface area contributed by atoms with E-state index in [4.69, 9.17) is 0 Å². The minimum absolute atomic E-state index is 0.660. The first-order valence-electron chi connectivity index (χ1n) is 5.86. The van der Waals surface area contributed by atoms with Crippen LogP contribution in [-0.2, 0) is 13.1 Å². The smallest absolute Gasteiger partial charge is 0.193 e. The lowest BCUT2D eigenvalue weighted by Crippen LogP contribution is -2.11. The van der Waals surface area contributed by atoms with Gasteiger partial charge in [0.2, 0.25) is 0 Å². The van der Waals surface area contributed by atoms with Crippen LogP contribution in [0.5, 0.6) is 0 Å². The molecule has 3 aromatic rings. The maximum Gasteiger partial charge on any atom is 0.193 e. The first kappa shape index (κ1) is 11.4. The third-order valence-corrected chi connectivity index (χ3v) is 3.38. The van der Waals surface area contributed by atoms with E-state index in [-0.39, 0.29) is 0 Å². The summed E-state index contributed by atoms with van der Waals surface area (Å²) in [7, 11) is 0. The van der Waals surface area contributed by atoms with Crippen LogP contribution >= 0.6 is 11.3 Å². The lowest BCUT2D eigenvalue weighted by atomic mass is 10.4. The molecular weight excluding hydrogens is 248 g/mol. The molecule has 0 atom stereocenters. The predicted octanol–water partition coefficient (Wildman–Crippen LogP) is 1.15. The van der Waals surface area contributed by atoms with Crippen molar-refractivity contribution in [2.45, 2.75) is 20.0 Å². The van der Waals surface area contributed by atoms with Gasteiger partial charge >= 0.3 is 0 Å².